The summed E-state index contributed by atoms with van der Waals surface area (Å²) < 4.78 is 2.81. The van der Waals surface area contributed by atoms with Crippen molar-refractivity contribution in [1.82, 2.24) is 14.1 Å². The summed E-state index contributed by atoms with van der Waals surface area (Å²) >= 11 is 1.45. The summed E-state index contributed by atoms with van der Waals surface area (Å²) in [5.74, 6) is -0.715. The van der Waals surface area contributed by atoms with Crippen molar-refractivity contribution in [1.29, 1.82) is 0 Å². The second-order valence-electron chi connectivity index (χ2n) is 7.60. The lowest BCUT2D eigenvalue weighted by Gasteiger charge is -2.04. The van der Waals surface area contributed by atoms with Gasteiger partial charge in [-0.05, 0) is 18.6 Å². The largest absolute Gasteiger partial charge is 0.493 e. The number of nitrogens with zero attached hydrogens (tertiary/aromatic N) is 5. The molecule has 0 unspecified atom stereocenters. The minimum absolute atomic E-state index is 0.0887. The first-order chi connectivity index (χ1) is 16.0. The molecule has 0 radical (unpaired) electrons. The third-order valence-corrected chi connectivity index (χ3v) is 6.55. The normalized spacial score (nSPS) is 11.7. The Morgan fingerprint density at radius 2 is 1.85 bits per heavy atom. The maximum atomic E-state index is 13.2. The maximum absolute atomic E-state index is 13.2. The van der Waals surface area contributed by atoms with Crippen LogP contribution in [-0.4, -0.2) is 25.1 Å². The topological polar surface area (TPSA) is 102 Å². The third-order valence-electron chi connectivity index (χ3n) is 5.53. The number of fused-ring (bicyclic) bond motifs is 2. The van der Waals surface area contributed by atoms with Crippen molar-refractivity contribution >= 4 is 44.1 Å². The van der Waals surface area contributed by atoms with E-state index in [-0.39, 0.29) is 23.7 Å². The summed E-state index contributed by atoms with van der Waals surface area (Å²) in [6.45, 7) is 1.65. The number of amides is 1. The number of benzene rings is 2. The van der Waals surface area contributed by atoms with Crippen LogP contribution >= 0.6 is 11.3 Å². The molecule has 0 saturated heterocycles. The number of thiophene rings is 1. The third kappa shape index (κ3) is 3.52. The molecule has 5 rings (SSSR count). The lowest BCUT2D eigenvalue weighted by molar-refractivity contribution is -0.118. The molecule has 3 heterocycles. The summed E-state index contributed by atoms with van der Waals surface area (Å²) in [6.07, 6.45) is 1.36. The van der Waals surface area contributed by atoms with Gasteiger partial charge in [-0.25, -0.2) is 4.98 Å². The van der Waals surface area contributed by atoms with E-state index in [1.807, 2.05) is 55.5 Å². The highest BCUT2D eigenvalue weighted by atomic mass is 32.1. The van der Waals surface area contributed by atoms with Crippen LogP contribution in [0.25, 0.3) is 32.2 Å². The molecule has 164 valence electrons. The maximum Gasteiger partial charge on any atom is 0.284 e. The van der Waals surface area contributed by atoms with Gasteiger partial charge in [0.05, 0.1) is 17.2 Å². The van der Waals surface area contributed by atoms with Gasteiger partial charge in [0, 0.05) is 22.9 Å². The van der Waals surface area contributed by atoms with Crippen LogP contribution < -0.4 is 5.56 Å². The number of carbonyl (C=O) groups is 1. The van der Waals surface area contributed by atoms with Crippen LogP contribution in [0.15, 0.2) is 75.9 Å². The van der Waals surface area contributed by atoms with Crippen molar-refractivity contribution in [3.05, 3.63) is 76.2 Å². The molecule has 1 N–H and O–H groups in total. The molecule has 0 aliphatic heterocycles. The highest BCUT2D eigenvalue weighted by Crippen LogP contribution is 2.38. The Labute approximate surface area is 192 Å². The van der Waals surface area contributed by atoms with Crippen molar-refractivity contribution in [2.45, 2.75) is 13.5 Å². The molecule has 0 aliphatic carbocycles. The van der Waals surface area contributed by atoms with E-state index < -0.39 is 5.91 Å². The zero-order valence-electron chi connectivity index (χ0n) is 17.9. The molecule has 1 amide bonds. The van der Waals surface area contributed by atoms with Crippen LogP contribution in [0.4, 0.5) is 5.69 Å². The van der Waals surface area contributed by atoms with Gasteiger partial charge in [-0.3, -0.25) is 14.2 Å². The predicted molar refractivity (Wildman–Crippen MR) is 128 cm³/mol. The Balaban J connectivity index is 1.49. The van der Waals surface area contributed by atoms with E-state index in [0.717, 1.165) is 21.5 Å². The van der Waals surface area contributed by atoms with E-state index in [0.29, 0.717) is 15.6 Å². The molecule has 33 heavy (non-hydrogen) atoms. The fourth-order valence-electron chi connectivity index (χ4n) is 3.94. The van der Waals surface area contributed by atoms with Gasteiger partial charge in [-0.2, -0.15) is 0 Å². The summed E-state index contributed by atoms with van der Waals surface area (Å²) in [5, 5.41) is 19.3. The van der Waals surface area contributed by atoms with Crippen molar-refractivity contribution in [2.75, 3.05) is 0 Å². The van der Waals surface area contributed by atoms with Crippen LogP contribution in [0, 0.1) is 6.92 Å². The van der Waals surface area contributed by atoms with Crippen molar-refractivity contribution < 1.29 is 9.90 Å². The van der Waals surface area contributed by atoms with Gasteiger partial charge in [0.2, 0.25) is 5.88 Å². The minimum Gasteiger partial charge on any atom is -0.493 e. The van der Waals surface area contributed by atoms with Gasteiger partial charge in [0.15, 0.2) is 5.69 Å². The van der Waals surface area contributed by atoms with E-state index in [1.54, 1.807) is 17.7 Å². The molecule has 0 aliphatic rings. The van der Waals surface area contributed by atoms with Gasteiger partial charge in [0.1, 0.15) is 11.4 Å². The van der Waals surface area contributed by atoms with Gasteiger partial charge in [-0.1, -0.05) is 48.5 Å². The van der Waals surface area contributed by atoms with Crippen LogP contribution in [0.2, 0.25) is 0 Å². The molecule has 8 nitrogen and oxygen atoms in total. The molecule has 0 bridgehead atoms. The van der Waals surface area contributed by atoms with Gasteiger partial charge >= 0.3 is 0 Å². The van der Waals surface area contributed by atoms with E-state index in [1.165, 1.54) is 22.2 Å². The van der Waals surface area contributed by atoms with Gasteiger partial charge < -0.3 is 9.67 Å². The first-order valence-electron chi connectivity index (χ1n) is 10.2. The number of rotatable bonds is 4. The van der Waals surface area contributed by atoms with E-state index in [4.69, 9.17) is 0 Å². The number of carbonyl (C=O) groups excluding carboxylic acids is 1. The SMILES string of the molecule is Cc1sc2ncn(CC(=O)N=Nc3c(O)n(C)c4ccccc34)c(=O)c2c1-c1ccccc1. The fraction of sp³-hybridized carbons (Fsp3) is 0.125. The zero-order valence-corrected chi connectivity index (χ0v) is 18.7. The minimum atomic E-state index is -0.626. The monoisotopic (exact) mass is 457 g/mol. The number of hydrogen-bond donors (Lipinski definition) is 1. The summed E-state index contributed by atoms with van der Waals surface area (Å²) in [5.41, 5.74) is 2.43. The van der Waals surface area contributed by atoms with Crippen LogP contribution in [0.5, 0.6) is 5.88 Å². The molecule has 0 saturated carbocycles. The van der Waals surface area contributed by atoms with E-state index >= 15 is 0 Å². The number of aryl methyl sites for hydroxylation is 2. The molecule has 9 heteroatoms. The van der Waals surface area contributed by atoms with Gasteiger partial charge in [0.25, 0.3) is 11.5 Å². The number of azo groups is 1. The number of aromatic nitrogens is 3. The Kier molecular flexibility index (Phi) is 5.10. The highest BCUT2D eigenvalue weighted by Gasteiger charge is 2.18. The van der Waals surface area contributed by atoms with Crippen molar-refractivity contribution in [3.63, 3.8) is 0 Å². The highest BCUT2D eigenvalue weighted by molar-refractivity contribution is 7.19. The summed E-state index contributed by atoms with van der Waals surface area (Å²) in [6, 6.07) is 16.9. The fourth-order valence-corrected chi connectivity index (χ4v) is 4.95. The Morgan fingerprint density at radius 3 is 2.64 bits per heavy atom. The molecule has 2 aromatic carbocycles. The summed E-state index contributed by atoms with van der Waals surface area (Å²) in [7, 11) is 1.70. The molecule has 5 aromatic rings. The van der Waals surface area contributed by atoms with Crippen molar-refractivity contribution in [3.8, 4) is 17.0 Å². The predicted octanol–water partition coefficient (Wildman–Crippen LogP) is 4.94. The lowest BCUT2D eigenvalue weighted by atomic mass is 10.0. The Hall–Kier alpha value is -4.11. The number of aromatic hydroxyl groups is 1. The van der Waals surface area contributed by atoms with E-state index in [2.05, 4.69) is 15.2 Å². The molecule has 0 spiro atoms. The number of para-hydroxylation sites is 1. The van der Waals surface area contributed by atoms with E-state index in [9.17, 15) is 14.7 Å². The van der Waals surface area contributed by atoms with Crippen LogP contribution in [0.3, 0.4) is 0 Å². The Bertz CT molecular complexity index is 1610. The second kappa shape index (κ2) is 8.10. The quantitative estimate of drug-likeness (QED) is 0.386. The Morgan fingerprint density at radius 1 is 1.12 bits per heavy atom. The average molecular weight is 458 g/mol. The molecule has 0 fully saturated rings. The molecule has 3 aromatic heterocycles. The smallest absolute Gasteiger partial charge is 0.284 e. The molecular weight excluding hydrogens is 438 g/mol. The number of hydrogen-bond acceptors (Lipinski definition) is 6. The van der Waals surface area contributed by atoms with Crippen LogP contribution in [0.1, 0.15) is 4.88 Å². The van der Waals surface area contributed by atoms with Crippen molar-refractivity contribution in [2.24, 2.45) is 17.3 Å². The van der Waals surface area contributed by atoms with Crippen LogP contribution in [-0.2, 0) is 18.4 Å². The molecular formula is C24H19N5O3S. The average Bonchev–Trinajstić information content (AvgIpc) is 3.29. The second-order valence-corrected chi connectivity index (χ2v) is 8.80. The molecule has 0 atom stereocenters. The zero-order chi connectivity index (χ0) is 23.1. The van der Waals surface area contributed by atoms with Gasteiger partial charge in [-0.15, -0.1) is 21.6 Å². The first-order valence-corrected chi connectivity index (χ1v) is 11.0. The lowest BCUT2D eigenvalue weighted by Crippen LogP contribution is -2.23. The standard InChI is InChI=1S/C24H19N5O3S/c1-14-19(15-8-4-3-5-9-15)20-22(33-14)25-13-29(23(20)31)12-18(30)26-27-21-16-10-6-7-11-17(16)28(2)24(21)32/h3-11,13,32H,12H2,1-2H3. The summed E-state index contributed by atoms with van der Waals surface area (Å²) in [4.78, 5) is 31.8. The first kappa shape index (κ1) is 20.8.